The van der Waals surface area contributed by atoms with Gasteiger partial charge in [0.15, 0.2) is 0 Å². The highest BCUT2D eigenvalue weighted by atomic mass is 19.1. The number of aromatic hydroxyl groups is 1. The highest BCUT2D eigenvalue weighted by molar-refractivity contribution is 5.95. The van der Waals surface area contributed by atoms with Gasteiger partial charge in [-0.1, -0.05) is 26.7 Å². The predicted octanol–water partition coefficient (Wildman–Crippen LogP) is 5.67. The van der Waals surface area contributed by atoms with Crippen molar-refractivity contribution in [2.45, 2.75) is 51.6 Å². The molecule has 0 spiro atoms. The number of primary amides is 2. The topological polar surface area (TPSA) is 152 Å². The van der Waals surface area contributed by atoms with Gasteiger partial charge in [0.2, 0.25) is 0 Å². The number of anilines is 1. The van der Waals surface area contributed by atoms with Crippen molar-refractivity contribution in [1.82, 2.24) is 5.01 Å². The van der Waals surface area contributed by atoms with Gasteiger partial charge in [0.25, 0.3) is 5.91 Å². The molecule has 224 valence electrons. The molecule has 1 saturated heterocycles. The molecule has 1 fully saturated rings. The Bertz CT molecular complexity index is 1410. The Labute approximate surface area is 244 Å². The quantitative estimate of drug-likeness (QED) is 0.228. The van der Waals surface area contributed by atoms with Crippen LogP contribution in [0.15, 0.2) is 60.7 Å². The number of aliphatic hydroxyl groups is 1. The monoisotopic (exact) mass is 580 g/mol. The lowest BCUT2D eigenvalue weighted by Crippen LogP contribution is -2.56. The number of benzene rings is 3. The van der Waals surface area contributed by atoms with Crippen molar-refractivity contribution in [2.24, 2.45) is 17.4 Å². The summed E-state index contributed by atoms with van der Waals surface area (Å²) >= 11 is 0. The van der Waals surface area contributed by atoms with Crippen LogP contribution in [0.5, 0.6) is 28.7 Å². The molecule has 0 atom stereocenters. The van der Waals surface area contributed by atoms with E-state index in [4.69, 9.17) is 20.9 Å². The molecule has 0 aromatic heterocycles. The summed E-state index contributed by atoms with van der Waals surface area (Å²) in [7, 11) is 0. The van der Waals surface area contributed by atoms with Gasteiger partial charge in [0.1, 0.15) is 34.6 Å². The maximum Gasteiger partial charge on any atom is 0.334 e. The first-order chi connectivity index (χ1) is 20.0. The van der Waals surface area contributed by atoms with E-state index in [2.05, 4.69) is 13.8 Å². The van der Waals surface area contributed by atoms with Gasteiger partial charge in [-0.3, -0.25) is 4.79 Å². The number of urea groups is 1. The average molecular weight is 581 g/mol. The zero-order valence-corrected chi connectivity index (χ0v) is 23.8. The van der Waals surface area contributed by atoms with Crippen LogP contribution in [0.4, 0.5) is 14.9 Å². The molecule has 0 unspecified atom stereocenters. The zero-order valence-electron chi connectivity index (χ0n) is 23.8. The summed E-state index contributed by atoms with van der Waals surface area (Å²) in [6.45, 7) is 5.02. The number of carbonyl (C=O) groups is 2. The van der Waals surface area contributed by atoms with Crippen molar-refractivity contribution >= 4 is 17.6 Å². The van der Waals surface area contributed by atoms with E-state index in [1.165, 1.54) is 47.5 Å². The van der Waals surface area contributed by atoms with Gasteiger partial charge in [-0.05, 0) is 61.6 Å². The predicted molar refractivity (Wildman–Crippen MR) is 156 cm³/mol. The van der Waals surface area contributed by atoms with Crippen LogP contribution in [0.25, 0.3) is 0 Å². The first kappa shape index (κ1) is 30.6. The van der Waals surface area contributed by atoms with Gasteiger partial charge in [-0.2, -0.15) is 0 Å². The molecule has 3 aromatic carbocycles. The Hall–Kier alpha value is -4.35. The zero-order chi connectivity index (χ0) is 30.4. The fraction of sp³-hybridized carbons (Fsp3) is 0.355. The number of rotatable bonds is 11. The number of ether oxygens (including phenoxy) is 2. The lowest BCUT2D eigenvalue weighted by atomic mass is 9.81. The van der Waals surface area contributed by atoms with E-state index < -0.39 is 23.4 Å². The molecule has 42 heavy (non-hydrogen) atoms. The molecule has 0 bridgehead atoms. The minimum absolute atomic E-state index is 0.0643. The Morgan fingerprint density at radius 3 is 2.02 bits per heavy atom. The molecule has 0 radical (unpaired) electrons. The lowest BCUT2D eigenvalue weighted by molar-refractivity contribution is -0.0401. The largest absolute Gasteiger partial charge is 0.507 e. The van der Waals surface area contributed by atoms with Crippen LogP contribution >= 0.6 is 0 Å². The van der Waals surface area contributed by atoms with Crippen molar-refractivity contribution in [2.75, 3.05) is 18.1 Å². The lowest BCUT2D eigenvalue weighted by Gasteiger charge is -2.43. The second-order valence-corrected chi connectivity index (χ2v) is 10.6. The molecule has 0 saturated carbocycles. The average Bonchev–Trinajstić information content (AvgIpc) is 2.94. The summed E-state index contributed by atoms with van der Waals surface area (Å²) in [5.41, 5.74) is 10.6. The van der Waals surface area contributed by atoms with Gasteiger partial charge in [-0.25, -0.2) is 19.2 Å². The number of hydrogen-bond donors (Lipinski definition) is 4. The molecule has 4 rings (SSSR count). The third-order valence-electron chi connectivity index (χ3n) is 7.61. The van der Waals surface area contributed by atoms with Crippen LogP contribution in [0, 0.1) is 11.7 Å². The number of carbonyl (C=O) groups excluding carboxylic acids is 2. The number of nitrogens with two attached hydrogens (primary N) is 2. The third kappa shape index (κ3) is 7.48. The number of phenols is 1. The van der Waals surface area contributed by atoms with Crippen LogP contribution in [0.3, 0.4) is 0 Å². The maximum absolute atomic E-state index is 13.5. The molecule has 6 N–H and O–H groups in total. The van der Waals surface area contributed by atoms with Crippen molar-refractivity contribution < 1.29 is 33.7 Å². The van der Waals surface area contributed by atoms with Gasteiger partial charge >= 0.3 is 6.03 Å². The van der Waals surface area contributed by atoms with Gasteiger partial charge in [0.05, 0.1) is 16.9 Å². The molecule has 1 aliphatic heterocycles. The second kappa shape index (κ2) is 13.1. The number of nitrogens with zero attached hydrogens (tertiary/aromatic N) is 2. The molecular formula is C31H37FN4O6. The van der Waals surface area contributed by atoms with E-state index in [9.17, 15) is 24.2 Å². The second-order valence-electron chi connectivity index (χ2n) is 10.6. The summed E-state index contributed by atoms with van der Waals surface area (Å²) in [6, 6.07) is 13.4. The first-order valence-corrected chi connectivity index (χ1v) is 14.0. The normalized spacial score (nSPS) is 14.9. The number of halogens is 1. The minimum atomic E-state index is -0.822. The molecule has 3 aromatic rings. The summed E-state index contributed by atoms with van der Waals surface area (Å²) < 4.78 is 25.4. The SMILES string of the molecule is CCC(CC)CC1(O)CCN(N(C(N)=O)c2cc(Oc3ccc(F)cc3)cc(Oc3ccc(C(N)=O)c(O)c3)c2)CC1. The molecule has 1 aliphatic rings. The van der Waals surface area contributed by atoms with Gasteiger partial charge < -0.3 is 31.2 Å². The minimum Gasteiger partial charge on any atom is -0.507 e. The van der Waals surface area contributed by atoms with Crippen LogP contribution in [0.2, 0.25) is 0 Å². The molecular weight excluding hydrogens is 543 g/mol. The Kier molecular flexibility index (Phi) is 9.54. The highest BCUT2D eigenvalue weighted by Gasteiger charge is 2.37. The van der Waals surface area contributed by atoms with Crippen LogP contribution < -0.4 is 25.9 Å². The molecule has 0 aliphatic carbocycles. The van der Waals surface area contributed by atoms with E-state index in [0.717, 1.165) is 12.8 Å². The standard InChI is InChI=1S/C31H37FN4O6/c1-3-20(4-2)19-31(40)11-13-35(14-12-31)36(30(34)39)22-15-25(41-23-7-5-21(32)6-8-23)17-26(16-22)42-24-9-10-27(29(33)38)28(37)18-24/h5-10,15-18,20,37,40H,3-4,11-14,19H2,1-2H3,(H2,33,38)(H2,34,39). The molecule has 1 heterocycles. The van der Waals surface area contributed by atoms with E-state index in [0.29, 0.717) is 49.7 Å². The van der Waals surface area contributed by atoms with Crippen LogP contribution in [-0.4, -0.2) is 45.9 Å². The smallest absolute Gasteiger partial charge is 0.334 e. The van der Waals surface area contributed by atoms with E-state index in [1.54, 1.807) is 23.2 Å². The number of hydrazine groups is 1. The summed E-state index contributed by atoms with van der Waals surface area (Å²) in [6.07, 6.45) is 3.61. The highest BCUT2D eigenvalue weighted by Crippen LogP contribution is 2.38. The van der Waals surface area contributed by atoms with E-state index in [-0.39, 0.29) is 28.6 Å². The number of hydrogen-bond acceptors (Lipinski definition) is 7. The van der Waals surface area contributed by atoms with Crippen molar-refractivity contribution in [1.29, 1.82) is 0 Å². The van der Waals surface area contributed by atoms with Gasteiger partial charge in [-0.15, -0.1) is 0 Å². The summed E-state index contributed by atoms with van der Waals surface area (Å²) in [5, 5.41) is 24.5. The Balaban J connectivity index is 1.65. The van der Waals surface area contributed by atoms with Crippen LogP contribution in [0.1, 0.15) is 56.3 Å². The summed E-state index contributed by atoms with van der Waals surface area (Å²) in [4.78, 5) is 24.3. The molecule has 11 heteroatoms. The number of amides is 3. The molecule has 3 amide bonds. The summed E-state index contributed by atoms with van der Waals surface area (Å²) in [5.74, 6) is -0.118. The first-order valence-electron chi connectivity index (χ1n) is 14.0. The third-order valence-corrected chi connectivity index (χ3v) is 7.61. The maximum atomic E-state index is 13.5. The van der Waals surface area contributed by atoms with Crippen molar-refractivity contribution in [3.05, 3.63) is 72.0 Å². The Morgan fingerprint density at radius 1 is 0.929 bits per heavy atom. The Morgan fingerprint density at radius 2 is 1.50 bits per heavy atom. The fourth-order valence-corrected chi connectivity index (χ4v) is 5.21. The van der Waals surface area contributed by atoms with Crippen LogP contribution in [-0.2, 0) is 0 Å². The van der Waals surface area contributed by atoms with Crippen molar-refractivity contribution in [3.63, 3.8) is 0 Å². The fourth-order valence-electron chi connectivity index (χ4n) is 5.21. The molecule has 10 nitrogen and oxygen atoms in total. The van der Waals surface area contributed by atoms with Crippen molar-refractivity contribution in [3.8, 4) is 28.7 Å². The number of piperidine rings is 1. The van der Waals surface area contributed by atoms with E-state index >= 15 is 0 Å². The van der Waals surface area contributed by atoms with Gasteiger partial charge in [0, 0.05) is 37.4 Å². The van der Waals surface area contributed by atoms with E-state index in [1.807, 2.05) is 0 Å².